The third kappa shape index (κ3) is 7.49. The fourth-order valence-corrected chi connectivity index (χ4v) is 4.04. The SMILES string of the molecule is Cc1ccc(-n2nc(C(C)(C)C)cc2NC(=O)NCc2cc(F)ccc2Oc2ccc(NCCO)c(C=N)c2)cc1. The van der Waals surface area contributed by atoms with Crippen LogP contribution in [0.25, 0.3) is 5.69 Å². The zero-order valence-electron chi connectivity index (χ0n) is 23.6. The summed E-state index contributed by atoms with van der Waals surface area (Å²) >= 11 is 0. The molecule has 2 amide bonds. The van der Waals surface area contributed by atoms with E-state index in [1.54, 1.807) is 22.9 Å². The monoisotopic (exact) mass is 558 g/mol. The van der Waals surface area contributed by atoms with Crippen molar-refractivity contribution in [2.75, 3.05) is 23.8 Å². The number of rotatable bonds is 10. The predicted molar refractivity (Wildman–Crippen MR) is 159 cm³/mol. The van der Waals surface area contributed by atoms with Gasteiger partial charge in [-0.2, -0.15) is 5.10 Å². The molecule has 1 aromatic heterocycles. The molecule has 0 aliphatic carbocycles. The van der Waals surface area contributed by atoms with E-state index in [1.807, 2.05) is 58.0 Å². The molecule has 10 heteroatoms. The Balaban J connectivity index is 1.51. The molecule has 0 atom stereocenters. The number of amides is 2. The zero-order chi connectivity index (χ0) is 29.6. The highest BCUT2D eigenvalue weighted by molar-refractivity contribution is 5.89. The van der Waals surface area contributed by atoms with E-state index in [0.717, 1.165) is 16.9 Å². The van der Waals surface area contributed by atoms with Gasteiger partial charge in [-0.3, -0.25) is 5.32 Å². The number of nitrogens with one attached hydrogen (secondary N) is 4. The van der Waals surface area contributed by atoms with Crippen LogP contribution >= 0.6 is 0 Å². The number of aliphatic hydroxyl groups is 1. The number of aliphatic hydroxyl groups excluding tert-OH is 1. The average molecular weight is 559 g/mol. The lowest BCUT2D eigenvalue weighted by atomic mass is 9.92. The molecule has 0 bridgehead atoms. The third-order valence-electron chi connectivity index (χ3n) is 6.29. The highest BCUT2D eigenvalue weighted by Gasteiger charge is 2.22. The number of carbonyl (C=O) groups excluding carboxylic acids is 1. The van der Waals surface area contributed by atoms with Crippen molar-refractivity contribution in [2.45, 2.75) is 39.7 Å². The molecule has 0 fully saturated rings. The number of hydrogen-bond acceptors (Lipinski definition) is 6. The molecule has 4 rings (SSSR count). The summed E-state index contributed by atoms with van der Waals surface area (Å²) in [6.45, 7) is 8.46. The second kappa shape index (κ2) is 12.6. The van der Waals surface area contributed by atoms with E-state index in [1.165, 1.54) is 24.4 Å². The first-order valence-electron chi connectivity index (χ1n) is 13.3. The van der Waals surface area contributed by atoms with Crippen LogP contribution in [0.1, 0.15) is 43.2 Å². The van der Waals surface area contributed by atoms with E-state index >= 15 is 0 Å². The van der Waals surface area contributed by atoms with Gasteiger partial charge in [0.05, 0.1) is 18.0 Å². The molecule has 0 spiro atoms. The Morgan fingerprint density at radius 2 is 1.85 bits per heavy atom. The fourth-order valence-electron chi connectivity index (χ4n) is 4.04. The van der Waals surface area contributed by atoms with Gasteiger partial charge in [-0.15, -0.1) is 0 Å². The second-order valence-electron chi connectivity index (χ2n) is 10.6. The summed E-state index contributed by atoms with van der Waals surface area (Å²) in [4.78, 5) is 13.0. The molecule has 41 heavy (non-hydrogen) atoms. The molecule has 0 saturated carbocycles. The minimum Gasteiger partial charge on any atom is -0.457 e. The van der Waals surface area contributed by atoms with Gasteiger partial charge in [0.1, 0.15) is 23.1 Å². The van der Waals surface area contributed by atoms with Gasteiger partial charge < -0.3 is 25.9 Å². The van der Waals surface area contributed by atoms with Gasteiger partial charge in [0, 0.05) is 47.6 Å². The predicted octanol–water partition coefficient (Wildman–Crippen LogP) is 6.13. The summed E-state index contributed by atoms with van der Waals surface area (Å²) in [6.07, 6.45) is 1.18. The number of ether oxygens (including phenoxy) is 1. The van der Waals surface area contributed by atoms with Gasteiger partial charge >= 0.3 is 6.03 Å². The van der Waals surface area contributed by atoms with Gasteiger partial charge in [-0.25, -0.2) is 13.9 Å². The number of halogens is 1. The van der Waals surface area contributed by atoms with Crippen LogP contribution in [0.15, 0.2) is 66.7 Å². The van der Waals surface area contributed by atoms with Gasteiger partial charge in [-0.1, -0.05) is 38.5 Å². The first-order valence-corrected chi connectivity index (χ1v) is 13.3. The number of aryl methyl sites for hydroxylation is 1. The van der Waals surface area contributed by atoms with E-state index in [-0.39, 0.29) is 18.6 Å². The van der Waals surface area contributed by atoms with Crippen molar-refractivity contribution < 1.29 is 19.0 Å². The van der Waals surface area contributed by atoms with Gasteiger partial charge in [-0.05, 0) is 55.5 Å². The van der Waals surface area contributed by atoms with Crippen molar-refractivity contribution in [3.05, 3.63) is 94.9 Å². The molecule has 0 radical (unpaired) electrons. The average Bonchev–Trinajstić information content (AvgIpc) is 3.37. The van der Waals surface area contributed by atoms with Crippen LogP contribution < -0.4 is 20.7 Å². The van der Waals surface area contributed by atoms with Crippen molar-refractivity contribution >= 4 is 23.8 Å². The zero-order valence-corrected chi connectivity index (χ0v) is 23.6. The van der Waals surface area contributed by atoms with Crippen LogP contribution in [0.4, 0.5) is 20.7 Å². The lowest BCUT2D eigenvalue weighted by molar-refractivity contribution is 0.251. The third-order valence-corrected chi connectivity index (χ3v) is 6.29. The van der Waals surface area contributed by atoms with Crippen molar-refractivity contribution in [1.82, 2.24) is 15.1 Å². The van der Waals surface area contributed by atoms with Gasteiger partial charge in [0.25, 0.3) is 0 Å². The van der Waals surface area contributed by atoms with Crippen LogP contribution in [0.2, 0.25) is 0 Å². The second-order valence-corrected chi connectivity index (χ2v) is 10.6. The topological polar surface area (TPSA) is 124 Å². The molecule has 1 heterocycles. The Hall–Kier alpha value is -4.70. The lowest BCUT2D eigenvalue weighted by Gasteiger charge is -2.15. The molecule has 3 aromatic carbocycles. The molecular weight excluding hydrogens is 523 g/mol. The van der Waals surface area contributed by atoms with Crippen LogP contribution in [0.3, 0.4) is 0 Å². The van der Waals surface area contributed by atoms with Crippen LogP contribution in [-0.4, -0.2) is 40.3 Å². The Bertz CT molecular complexity index is 1530. The number of anilines is 2. The first-order chi connectivity index (χ1) is 19.6. The maximum Gasteiger partial charge on any atom is 0.320 e. The van der Waals surface area contributed by atoms with E-state index < -0.39 is 11.8 Å². The van der Waals surface area contributed by atoms with Crippen LogP contribution in [0, 0.1) is 18.2 Å². The normalized spacial score (nSPS) is 11.2. The summed E-state index contributed by atoms with van der Waals surface area (Å²) in [5.74, 6) is 0.831. The Labute approximate surface area is 238 Å². The Morgan fingerprint density at radius 1 is 1.10 bits per heavy atom. The summed E-state index contributed by atoms with van der Waals surface area (Å²) in [5, 5.41) is 30.2. The maximum absolute atomic E-state index is 14.2. The quantitative estimate of drug-likeness (QED) is 0.150. The fraction of sp³-hybridized carbons (Fsp3) is 0.258. The largest absolute Gasteiger partial charge is 0.457 e. The highest BCUT2D eigenvalue weighted by Crippen LogP contribution is 2.30. The molecule has 5 N–H and O–H groups in total. The number of aromatic nitrogens is 2. The van der Waals surface area contributed by atoms with Crippen molar-refractivity contribution in [1.29, 1.82) is 5.41 Å². The molecule has 0 aliphatic heterocycles. The molecule has 0 aliphatic rings. The summed E-state index contributed by atoms with van der Waals surface area (Å²) < 4.78 is 21.9. The van der Waals surface area contributed by atoms with Gasteiger partial charge in [0.2, 0.25) is 0 Å². The number of carbonyl (C=O) groups is 1. The molecule has 0 unspecified atom stereocenters. The van der Waals surface area contributed by atoms with E-state index in [9.17, 15) is 9.18 Å². The summed E-state index contributed by atoms with van der Waals surface area (Å²) in [5.41, 5.74) is 4.18. The van der Waals surface area contributed by atoms with E-state index in [2.05, 4.69) is 16.0 Å². The molecule has 9 nitrogen and oxygen atoms in total. The van der Waals surface area contributed by atoms with Gasteiger partial charge in [0.15, 0.2) is 0 Å². The maximum atomic E-state index is 14.2. The number of nitrogens with zero attached hydrogens (tertiary/aromatic N) is 2. The smallest absolute Gasteiger partial charge is 0.320 e. The van der Waals surface area contributed by atoms with E-state index in [0.29, 0.717) is 40.7 Å². The van der Waals surface area contributed by atoms with E-state index in [4.69, 9.17) is 20.4 Å². The highest BCUT2D eigenvalue weighted by atomic mass is 19.1. The molecule has 214 valence electrons. The van der Waals surface area contributed by atoms with Crippen LogP contribution in [0.5, 0.6) is 11.5 Å². The van der Waals surface area contributed by atoms with Crippen molar-refractivity contribution in [3.8, 4) is 17.2 Å². The van der Waals surface area contributed by atoms with Crippen molar-refractivity contribution in [3.63, 3.8) is 0 Å². The molecule has 0 saturated heterocycles. The lowest BCUT2D eigenvalue weighted by Crippen LogP contribution is -2.29. The first kappa shape index (κ1) is 29.3. The Kier molecular flexibility index (Phi) is 9.04. The molecule has 4 aromatic rings. The van der Waals surface area contributed by atoms with Crippen molar-refractivity contribution in [2.24, 2.45) is 0 Å². The number of hydrogen-bond donors (Lipinski definition) is 5. The summed E-state index contributed by atoms with van der Waals surface area (Å²) in [7, 11) is 0. The number of benzene rings is 3. The number of urea groups is 1. The standard InChI is InChI=1S/C31H35FN6O3/c1-20-5-8-24(9-6-20)38-29(17-28(37-38)31(2,3)4)36-30(40)35-19-22-15-23(32)7-12-27(22)41-25-10-11-26(34-13-14-39)21(16-25)18-33/h5-12,15-18,33-34,39H,13-14,19H2,1-4H3,(H2,35,36,40). The minimum absolute atomic E-state index is 0.00269. The Morgan fingerprint density at radius 3 is 2.54 bits per heavy atom. The molecular formula is C31H35FN6O3. The van der Waals surface area contributed by atoms with Crippen LogP contribution in [-0.2, 0) is 12.0 Å². The summed E-state index contributed by atoms with van der Waals surface area (Å²) in [6, 6.07) is 18.4. The minimum atomic E-state index is -0.487.